The lowest BCUT2D eigenvalue weighted by Gasteiger charge is -2.23. The summed E-state index contributed by atoms with van der Waals surface area (Å²) in [5.74, 6) is 0.503. The maximum absolute atomic E-state index is 12.9. The Kier molecular flexibility index (Phi) is 2.35. The van der Waals surface area contributed by atoms with Crippen LogP contribution in [0.5, 0.6) is 0 Å². The van der Waals surface area contributed by atoms with Gasteiger partial charge in [-0.15, -0.1) is 0 Å². The van der Waals surface area contributed by atoms with Gasteiger partial charge in [0.25, 0.3) is 0 Å². The molecule has 1 aromatic carbocycles. The molecule has 1 aliphatic rings. The number of nitrogens with zero attached hydrogens (tertiary/aromatic N) is 1. The van der Waals surface area contributed by atoms with Crippen LogP contribution in [0.25, 0.3) is 11.1 Å². The molecule has 0 bridgehead atoms. The van der Waals surface area contributed by atoms with Crippen LogP contribution < -0.4 is 5.73 Å². The minimum atomic E-state index is -0.256. The summed E-state index contributed by atoms with van der Waals surface area (Å²) in [4.78, 5) is 0. The van der Waals surface area contributed by atoms with Crippen LogP contribution in [0.15, 0.2) is 28.8 Å². The first-order chi connectivity index (χ1) is 8.25. The summed E-state index contributed by atoms with van der Waals surface area (Å²) < 4.78 is 18.0. The summed E-state index contributed by atoms with van der Waals surface area (Å²) >= 11 is 0. The molecule has 0 saturated heterocycles. The summed E-state index contributed by atoms with van der Waals surface area (Å²) in [7, 11) is 0. The lowest BCUT2D eigenvalue weighted by Crippen LogP contribution is -2.10. The monoisotopic (exact) mass is 232 g/mol. The lowest BCUT2D eigenvalue weighted by molar-refractivity contribution is 0.369. The largest absolute Gasteiger partial charge is 0.367 e. The molecular formula is C13H13FN2O. The van der Waals surface area contributed by atoms with Gasteiger partial charge >= 0.3 is 0 Å². The molecule has 1 aliphatic carbocycles. The van der Waals surface area contributed by atoms with Crippen molar-refractivity contribution in [3.05, 3.63) is 35.8 Å². The van der Waals surface area contributed by atoms with E-state index in [2.05, 4.69) is 5.16 Å². The van der Waals surface area contributed by atoms with Gasteiger partial charge < -0.3 is 10.3 Å². The molecule has 4 heteroatoms. The quantitative estimate of drug-likeness (QED) is 0.864. The number of anilines is 1. The fraction of sp³-hybridized carbons (Fsp3) is 0.308. The van der Waals surface area contributed by atoms with Crippen LogP contribution in [0.2, 0.25) is 0 Å². The zero-order chi connectivity index (χ0) is 11.8. The average Bonchev–Trinajstić information content (AvgIpc) is 2.60. The summed E-state index contributed by atoms with van der Waals surface area (Å²) in [6.07, 6.45) is 3.47. The second-order valence-electron chi connectivity index (χ2n) is 4.44. The second-order valence-corrected chi connectivity index (χ2v) is 4.44. The molecule has 0 radical (unpaired) electrons. The van der Waals surface area contributed by atoms with E-state index in [-0.39, 0.29) is 5.82 Å². The maximum Gasteiger partial charge on any atom is 0.230 e. The zero-order valence-corrected chi connectivity index (χ0v) is 9.32. The third kappa shape index (κ3) is 1.69. The van der Waals surface area contributed by atoms with Crippen molar-refractivity contribution in [2.24, 2.45) is 0 Å². The third-order valence-electron chi connectivity index (χ3n) is 3.37. The number of benzene rings is 1. The fourth-order valence-electron chi connectivity index (χ4n) is 2.18. The summed E-state index contributed by atoms with van der Waals surface area (Å²) in [6, 6.07) is 6.26. The molecule has 3 rings (SSSR count). The van der Waals surface area contributed by atoms with E-state index in [9.17, 15) is 4.39 Å². The van der Waals surface area contributed by atoms with E-state index in [0.29, 0.717) is 11.8 Å². The van der Waals surface area contributed by atoms with Crippen molar-refractivity contribution in [3.8, 4) is 11.1 Å². The van der Waals surface area contributed by atoms with E-state index in [1.165, 1.54) is 18.6 Å². The van der Waals surface area contributed by atoms with Gasteiger partial charge in [-0.3, -0.25) is 0 Å². The van der Waals surface area contributed by atoms with E-state index >= 15 is 0 Å². The highest BCUT2D eigenvalue weighted by Gasteiger charge is 2.28. The molecule has 1 fully saturated rings. The molecule has 88 valence electrons. The number of hydrogen-bond donors (Lipinski definition) is 1. The van der Waals surface area contributed by atoms with E-state index < -0.39 is 0 Å². The van der Waals surface area contributed by atoms with Gasteiger partial charge in [-0.25, -0.2) is 4.39 Å². The van der Waals surface area contributed by atoms with Crippen molar-refractivity contribution >= 4 is 5.88 Å². The molecular weight excluding hydrogens is 219 g/mol. The first-order valence-corrected chi connectivity index (χ1v) is 5.76. The lowest BCUT2D eigenvalue weighted by atomic mass is 9.80. The molecule has 1 aromatic heterocycles. The molecule has 1 heterocycles. The van der Waals surface area contributed by atoms with E-state index in [1.54, 1.807) is 12.1 Å². The Morgan fingerprint density at radius 3 is 2.53 bits per heavy atom. The number of halogens is 1. The fourth-order valence-corrected chi connectivity index (χ4v) is 2.18. The molecule has 0 atom stereocenters. The van der Waals surface area contributed by atoms with Gasteiger partial charge in [0.2, 0.25) is 5.88 Å². The van der Waals surface area contributed by atoms with Crippen LogP contribution in [0, 0.1) is 5.82 Å². The third-order valence-corrected chi connectivity index (χ3v) is 3.37. The molecule has 0 spiro atoms. The van der Waals surface area contributed by atoms with Gasteiger partial charge in [0, 0.05) is 5.92 Å². The van der Waals surface area contributed by atoms with E-state index in [0.717, 1.165) is 29.7 Å². The number of aromatic nitrogens is 1. The van der Waals surface area contributed by atoms with Gasteiger partial charge in [0.05, 0.1) is 11.3 Å². The van der Waals surface area contributed by atoms with Crippen LogP contribution in [0.3, 0.4) is 0 Å². The standard InChI is InChI=1S/C13H13FN2O/c14-10-6-4-8(5-7-10)11-12(9-2-1-3-9)16-17-13(11)15/h4-7,9H,1-3,15H2. The first-order valence-electron chi connectivity index (χ1n) is 5.76. The van der Waals surface area contributed by atoms with Crippen LogP contribution in [0.1, 0.15) is 30.9 Å². The van der Waals surface area contributed by atoms with Crippen LogP contribution in [-0.4, -0.2) is 5.16 Å². The number of nitrogens with two attached hydrogens (primary N) is 1. The average molecular weight is 232 g/mol. The molecule has 1 saturated carbocycles. The van der Waals surface area contributed by atoms with Crippen molar-refractivity contribution < 1.29 is 8.91 Å². The topological polar surface area (TPSA) is 52.0 Å². The Morgan fingerprint density at radius 1 is 1.24 bits per heavy atom. The smallest absolute Gasteiger partial charge is 0.230 e. The predicted molar refractivity (Wildman–Crippen MR) is 62.9 cm³/mol. The van der Waals surface area contributed by atoms with Crippen molar-refractivity contribution in [2.75, 3.05) is 5.73 Å². The molecule has 2 N–H and O–H groups in total. The highest BCUT2D eigenvalue weighted by molar-refractivity contribution is 5.75. The Morgan fingerprint density at radius 2 is 1.94 bits per heavy atom. The van der Waals surface area contributed by atoms with Gasteiger partial charge in [0.15, 0.2) is 0 Å². The molecule has 17 heavy (non-hydrogen) atoms. The number of nitrogen functional groups attached to an aromatic ring is 1. The minimum absolute atomic E-state index is 0.256. The Bertz CT molecular complexity index is 529. The van der Waals surface area contributed by atoms with Crippen molar-refractivity contribution in [1.29, 1.82) is 0 Å². The Labute approximate surface area is 98.4 Å². The van der Waals surface area contributed by atoms with Crippen LogP contribution in [-0.2, 0) is 0 Å². The highest BCUT2D eigenvalue weighted by atomic mass is 19.1. The second kappa shape index (κ2) is 3.87. The molecule has 0 amide bonds. The predicted octanol–water partition coefficient (Wildman–Crippen LogP) is 3.33. The first kappa shape index (κ1) is 10.3. The minimum Gasteiger partial charge on any atom is -0.367 e. The number of hydrogen-bond acceptors (Lipinski definition) is 3. The van der Waals surface area contributed by atoms with Gasteiger partial charge in [0.1, 0.15) is 5.82 Å². The SMILES string of the molecule is Nc1onc(C2CCC2)c1-c1ccc(F)cc1. The van der Waals surface area contributed by atoms with Gasteiger partial charge in [-0.2, -0.15) is 0 Å². The summed E-state index contributed by atoms with van der Waals surface area (Å²) in [6.45, 7) is 0. The van der Waals surface area contributed by atoms with E-state index in [4.69, 9.17) is 10.3 Å². The van der Waals surface area contributed by atoms with Crippen LogP contribution in [0.4, 0.5) is 10.3 Å². The van der Waals surface area contributed by atoms with Crippen molar-refractivity contribution in [1.82, 2.24) is 5.16 Å². The normalized spacial score (nSPS) is 15.8. The molecule has 0 unspecified atom stereocenters. The Hall–Kier alpha value is -1.84. The van der Waals surface area contributed by atoms with Crippen molar-refractivity contribution in [2.45, 2.75) is 25.2 Å². The molecule has 3 nitrogen and oxygen atoms in total. The maximum atomic E-state index is 12.9. The van der Waals surface area contributed by atoms with Crippen LogP contribution >= 0.6 is 0 Å². The highest BCUT2D eigenvalue weighted by Crippen LogP contribution is 2.42. The number of rotatable bonds is 2. The van der Waals surface area contributed by atoms with Gasteiger partial charge in [-0.1, -0.05) is 23.7 Å². The van der Waals surface area contributed by atoms with Crippen molar-refractivity contribution in [3.63, 3.8) is 0 Å². The summed E-state index contributed by atoms with van der Waals surface area (Å²) in [5, 5.41) is 4.04. The van der Waals surface area contributed by atoms with Gasteiger partial charge in [-0.05, 0) is 30.5 Å². The summed E-state index contributed by atoms with van der Waals surface area (Å²) in [5.41, 5.74) is 8.42. The molecule has 0 aliphatic heterocycles. The van der Waals surface area contributed by atoms with E-state index in [1.807, 2.05) is 0 Å². The Balaban J connectivity index is 2.06. The zero-order valence-electron chi connectivity index (χ0n) is 9.32. The molecule has 2 aromatic rings.